The fourth-order valence-corrected chi connectivity index (χ4v) is 2.33. The summed E-state index contributed by atoms with van der Waals surface area (Å²) < 4.78 is 0. The molecule has 18 heavy (non-hydrogen) atoms. The maximum Gasteiger partial charge on any atom is 0.254 e. The number of hydrogen-bond acceptors (Lipinski definition) is 4. The molecule has 0 atom stereocenters. The van der Waals surface area contributed by atoms with Crippen LogP contribution in [0.1, 0.15) is 21.6 Å². The average Bonchev–Trinajstić information content (AvgIpc) is 2.90. The van der Waals surface area contributed by atoms with E-state index in [-0.39, 0.29) is 5.91 Å². The van der Waals surface area contributed by atoms with Crippen molar-refractivity contribution < 1.29 is 4.79 Å². The molecule has 0 spiro atoms. The van der Waals surface area contributed by atoms with Gasteiger partial charge in [0, 0.05) is 31.9 Å². The lowest BCUT2D eigenvalue weighted by Gasteiger charge is -2.16. The van der Waals surface area contributed by atoms with E-state index in [1.54, 1.807) is 41.6 Å². The van der Waals surface area contributed by atoms with Gasteiger partial charge >= 0.3 is 0 Å². The highest BCUT2D eigenvalue weighted by molar-refractivity contribution is 7.07. The molecule has 0 aliphatic rings. The first-order valence-electron chi connectivity index (χ1n) is 5.62. The van der Waals surface area contributed by atoms with Crippen molar-refractivity contribution in [2.45, 2.75) is 13.1 Å². The Bertz CT molecular complexity index is 525. The van der Waals surface area contributed by atoms with Crippen molar-refractivity contribution in [1.29, 1.82) is 0 Å². The molecule has 1 amide bonds. The predicted octanol–water partition coefficient (Wildman–Crippen LogP) is 1.87. The summed E-state index contributed by atoms with van der Waals surface area (Å²) in [6.07, 6.45) is 1.62. The number of thiophene rings is 1. The minimum absolute atomic E-state index is 0.0155. The third-order valence-electron chi connectivity index (χ3n) is 2.62. The second kappa shape index (κ2) is 5.75. The van der Waals surface area contributed by atoms with Crippen LogP contribution in [0.15, 0.2) is 35.2 Å². The highest BCUT2D eigenvalue weighted by Gasteiger charge is 2.12. The van der Waals surface area contributed by atoms with Crippen LogP contribution in [0.25, 0.3) is 0 Å². The first-order chi connectivity index (χ1) is 8.70. The number of amides is 1. The van der Waals surface area contributed by atoms with Crippen molar-refractivity contribution in [3.05, 3.63) is 52.0 Å². The van der Waals surface area contributed by atoms with Gasteiger partial charge in [-0.1, -0.05) is 0 Å². The number of carbonyl (C=O) groups is 1. The van der Waals surface area contributed by atoms with Gasteiger partial charge in [0.25, 0.3) is 5.91 Å². The molecule has 94 valence electrons. The molecule has 2 heterocycles. The standard InChI is InChI=1S/C13H15N3OS/c1-16(8-10-3-5-18-9-10)13(17)11-2-4-15-12(6-11)7-14/h2-6,9H,7-8,14H2,1H3. The molecule has 0 aromatic carbocycles. The van der Waals surface area contributed by atoms with Gasteiger partial charge in [0.1, 0.15) is 0 Å². The van der Waals surface area contributed by atoms with Crippen LogP contribution in [0.4, 0.5) is 0 Å². The molecular formula is C13H15N3OS. The first kappa shape index (κ1) is 12.7. The zero-order valence-electron chi connectivity index (χ0n) is 10.2. The molecule has 5 heteroatoms. The normalized spacial score (nSPS) is 10.3. The van der Waals surface area contributed by atoms with Crippen molar-refractivity contribution in [2.75, 3.05) is 7.05 Å². The lowest BCUT2D eigenvalue weighted by atomic mass is 10.2. The van der Waals surface area contributed by atoms with Crippen LogP contribution >= 0.6 is 11.3 Å². The Hall–Kier alpha value is -1.72. The van der Waals surface area contributed by atoms with Gasteiger partial charge in [-0.15, -0.1) is 0 Å². The maximum atomic E-state index is 12.2. The van der Waals surface area contributed by atoms with Gasteiger partial charge < -0.3 is 10.6 Å². The Morgan fingerprint density at radius 2 is 2.33 bits per heavy atom. The van der Waals surface area contributed by atoms with Gasteiger partial charge in [-0.3, -0.25) is 9.78 Å². The number of nitrogens with two attached hydrogens (primary N) is 1. The lowest BCUT2D eigenvalue weighted by molar-refractivity contribution is 0.0785. The zero-order valence-corrected chi connectivity index (χ0v) is 11.0. The average molecular weight is 261 g/mol. The largest absolute Gasteiger partial charge is 0.337 e. The van der Waals surface area contributed by atoms with Gasteiger partial charge in [0.15, 0.2) is 0 Å². The molecule has 2 rings (SSSR count). The van der Waals surface area contributed by atoms with E-state index in [9.17, 15) is 4.79 Å². The highest BCUT2D eigenvalue weighted by atomic mass is 32.1. The van der Waals surface area contributed by atoms with Crippen LogP contribution in [0.3, 0.4) is 0 Å². The van der Waals surface area contributed by atoms with Gasteiger partial charge in [-0.2, -0.15) is 11.3 Å². The lowest BCUT2D eigenvalue weighted by Crippen LogP contribution is -2.26. The van der Waals surface area contributed by atoms with E-state index >= 15 is 0 Å². The van der Waals surface area contributed by atoms with E-state index in [0.717, 1.165) is 11.3 Å². The molecule has 0 radical (unpaired) electrons. The zero-order chi connectivity index (χ0) is 13.0. The van der Waals surface area contributed by atoms with Gasteiger partial charge in [-0.05, 0) is 34.5 Å². The number of pyridine rings is 1. The molecule has 0 aliphatic heterocycles. The van der Waals surface area contributed by atoms with Crippen molar-refractivity contribution in [3.63, 3.8) is 0 Å². The molecule has 2 aromatic heterocycles. The third-order valence-corrected chi connectivity index (χ3v) is 3.35. The minimum atomic E-state index is -0.0155. The summed E-state index contributed by atoms with van der Waals surface area (Å²) >= 11 is 1.63. The molecule has 0 fully saturated rings. The summed E-state index contributed by atoms with van der Waals surface area (Å²) in [6, 6.07) is 5.48. The Kier molecular flexibility index (Phi) is 4.07. The number of nitrogens with zero attached hydrogens (tertiary/aromatic N) is 2. The van der Waals surface area contributed by atoms with Crippen molar-refractivity contribution >= 4 is 17.2 Å². The minimum Gasteiger partial charge on any atom is -0.337 e. The molecule has 0 saturated carbocycles. The second-order valence-corrected chi connectivity index (χ2v) is 4.81. The van der Waals surface area contributed by atoms with E-state index < -0.39 is 0 Å². The van der Waals surface area contributed by atoms with Crippen molar-refractivity contribution in [1.82, 2.24) is 9.88 Å². The summed E-state index contributed by atoms with van der Waals surface area (Å²) in [4.78, 5) is 18.0. The maximum absolute atomic E-state index is 12.2. The van der Waals surface area contributed by atoms with E-state index in [1.165, 1.54) is 0 Å². The molecule has 2 aromatic rings. The first-order valence-corrected chi connectivity index (χ1v) is 6.56. The molecule has 0 unspecified atom stereocenters. The quantitative estimate of drug-likeness (QED) is 0.914. The van der Waals surface area contributed by atoms with Crippen molar-refractivity contribution in [2.24, 2.45) is 5.73 Å². The molecular weight excluding hydrogens is 246 g/mol. The smallest absolute Gasteiger partial charge is 0.254 e. The fraction of sp³-hybridized carbons (Fsp3) is 0.231. The van der Waals surface area contributed by atoms with Gasteiger partial charge in [-0.25, -0.2) is 0 Å². The van der Waals surface area contributed by atoms with E-state index in [1.807, 2.05) is 16.8 Å². The van der Waals surface area contributed by atoms with Crippen LogP contribution in [0.5, 0.6) is 0 Å². The molecule has 4 nitrogen and oxygen atoms in total. The van der Waals surface area contributed by atoms with E-state index in [4.69, 9.17) is 5.73 Å². The molecule has 0 aliphatic carbocycles. The van der Waals surface area contributed by atoms with Crippen LogP contribution in [-0.4, -0.2) is 22.8 Å². The SMILES string of the molecule is CN(Cc1ccsc1)C(=O)c1ccnc(CN)c1. The predicted molar refractivity (Wildman–Crippen MR) is 72.2 cm³/mol. The fourth-order valence-electron chi connectivity index (χ4n) is 1.67. The summed E-state index contributed by atoms with van der Waals surface area (Å²) in [5.41, 5.74) is 8.02. The second-order valence-electron chi connectivity index (χ2n) is 4.03. The van der Waals surface area contributed by atoms with Gasteiger partial charge in [0.05, 0.1) is 5.69 Å². The number of hydrogen-bond donors (Lipinski definition) is 1. The third kappa shape index (κ3) is 2.94. The van der Waals surface area contributed by atoms with E-state index in [2.05, 4.69) is 4.98 Å². The van der Waals surface area contributed by atoms with E-state index in [0.29, 0.717) is 18.7 Å². The van der Waals surface area contributed by atoms with Crippen molar-refractivity contribution in [3.8, 4) is 0 Å². The topological polar surface area (TPSA) is 59.2 Å². The monoisotopic (exact) mass is 261 g/mol. The Labute approximate surface area is 110 Å². The molecule has 0 bridgehead atoms. The highest BCUT2D eigenvalue weighted by Crippen LogP contribution is 2.11. The molecule has 0 saturated heterocycles. The Balaban J connectivity index is 2.10. The summed E-state index contributed by atoms with van der Waals surface area (Å²) in [6.45, 7) is 0.956. The number of aromatic nitrogens is 1. The van der Waals surface area contributed by atoms with Crippen LogP contribution in [0.2, 0.25) is 0 Å². The molecule has 2 N–H and O–H groups in total. The van der Waals surface area contributed by atoms with Crippen LogP contribution < -0.4 is 5.73 Å². The Morgan fingerprint density at radius 3 is 3.00 bits per heavy atom. The Morgan fingerprint density at radius 1 is 1.50 bits per heavy atom. The van der Waals surface area contributed by atoms with Crippen LogP contribution in [0, 0.1) is 0 Å². The van der Waals surface area contributed by atoms with Gasteiger partial charge in [0.2, 0.25) is 0 Å². The summed E-state index contributed by atoms with van der Waals surface area (Å²) in [5, 5.41) is 4.05. The summed E-state index contributed by atoms with van der Waals surface area (Å²) in [5.74, 6) is -0.0155. The summed E-state index contributed by atoms with van der Waals surface area (Å²) in [7, 11) is 1.79. The number of carbonyl (C=O) groups excluding carboxylic acids is 1. The number of rotatable bonds is 4. The van der Waals surface area contributed by atoms with Crippen LogP contribution in [-0.2, 0) is 13.1 Å².